The topological polar surface area (TPSA) is 27.1 Å². The Hall–Kier alpha value is -1.04. The van der Waals surface area contributed by atoms with Crippen molar-refractivity contribution in [1.82, 2.24) is 9.78 Å². The van der Waals surface area contributed by atoms with Gasteiger partial charge in [0.25, 0.3) is 0 Å². The number of ether oxygens (including phenoxy) is 1. The van der Waals surface area contributed by atoms with E-state index in [9.17, 15) is 0 Å². The Bertz CT molecular complexity index is 453. The SMILES string of the molecule is CCn1ncc(I)c1OCc1ccccc1. The van der Waals surface area contributed by atoms with Crippen LogP contribution in [-0.2, 0) is 13.2 Å². The largest absolute Gasteiger partial charge is 0.472 e. The first-order valence-electron chi connectivity index (χ1n) is 5.19. The summed E-state index contributed by atoms with van der Waals surface area (Å²) in [7, 11) is 0. The highest BCUT2D eigenvalue weighted by atomic mass is 127. The molecule has 0 radical (unpaired) electrons. The molecular formula is C12H13IN2O. The van der Waals surface area contributed by atoms with Gasteiger partial charge in [0.15, 0.2) is 0 Å². The molecule has 0 atom stereocenters. The number of hydrogen-bond acceptors (Lipinski definition) is 2. The maximum absolute atomic E-state index is 5.78. The van der Waals surface area contributed by atoms with Gasteiger partial charge in [-0.15, -0.1) is 0 Å². The van der Waals surface area contributed by atoms with Crippen molar-refractivity contribution >= 4 is 22.6 Å². The van der Waals surface area contributed by atoms with E-state index in [1.54, 1.807) is 0 Å². The average molecular weight is 328 g/mol. The van der Waals surface area contributed by atoms with Crippen LogP contribution in [0.4, 0.5) is 0 Å². The average Bonchev–Trinajstić information content (AvgIpc) is 2.69. The molecule has 0 fully saturated rings. The van der Waals surface area contributed by atoms with Crippen LogP contribution < -0.4 is 4.74 Å². The third kappa shape index (κ3) is 2.55. The van der Waals surface area contributed by atoms with Crippen LogP contribution in [0.15, 0.2) is 36.5 Å². The summed E-state index contributed by atoms with van der Waals surface area (Å²) in [4.78, 5) is 0. The fourth-order valence-electron chi connectivity index (χ4n) is 1.45. The van der Waals surface area contributed by atoms with E-state index < -0.39 is 0 Å². The second kappa shape index (κ2) is 5.34. The van der Waals surface area contributed by atoms with E-state index in [1.807, 2.05) is 29.1 Å². The molecule has 0 spiro atoms. The van der Waals surface area contributed by atoms with Crippen molar-refractivity contribution in [2.45, 2.75) is 20.1 Å². The van der Waals surface area contributed by atoms with Crippen LogP contribution in [0.1, 0.15) is 12.5 Å². The Balaban J connectivity index is 2.07. The molecule has 0 aliphatic carbocycles. The van der Waals surface area contributed by atoms with E-state index in [-0.39, 0.29) is 0 Å². The number of aryl methyl sites for hydroxylation is 1. The van der Waals surface area contributed by atoms with E-state index in [2.05, 4.69) is 46.7 Å². The zero-order valence-electron chi connectivity index (χ0n) is 9.06. The lowest BCUT2D eigenvalue weighted by Crippen LogP contribution is -2.04. The summed E-state index contributed by atoms with van der Waals surface area (Å²) >= 11 is 2.24. The minimum absolute atomic E-state index is 0.586. The van der Waals surface area contributed by atoms with Gasteiger partial charge in [0.05, 0.1) is 9.77 Å². The summed E-state index contributed by atoms with van der Waals surface area (Å²) in [5.41, 5.74) is 1.17. The Morgan fingerprint density at radius 2 is 2.06 bits per heavy atom. The molecule has 0 N–H and O–H groups in total. The summed E-state index contributed by atoms with van der Waals surface area (Å²) < 4.78 is 8.69. The summed E-state index contributed by atoms with van der Waals surface area (Å²) in [6, 6.07) is 10.1. The lowest BCUT2D eigenvalue weighted by molar-refractivity contribution is 0.272. The van der Waals surface area contributed by atoms with Gasteiger partial charge in [-0.3, -0.25) is 0 Å². The van der Waals surface area contributed by atoms with Crippen LogP contribution in [0.25, 0.3) is 0 Å². The van der Waals surface area contributed by atoms with Crippen LogP contribution >= 0.6 is 22.6 Å². The third-order valence-corrected chi connectivity index (χ3v) is 3.01. The molecule has 4 heteroatoms. The van der Waals surface area contributed by atoms with E-state index >= 15 is 0 Å². The van der Waals surface area contributed by atoms with Crippen molar-refractivity contribution in [3.63, 3.8) is 0 Å². The van der Waals surface area contributed by atoms with Crippen LogP contribution in [0, 0.1) is 3.57 Å². The Labute approximate surface area is 109 Å². The van der Waals surface area contributed by atoms with Crippen LogP contribution in [0.5, 0.6) is 5.88 Å². The second-order valence-corrected chi connectivity index (χ2v) is 4.55. The van der Waals surface area contributed by atoms with Crippen molar-refractivity contribution in [1.29, 1.82) is 0 Å². The molecular weight excluding hydrogens is 315 g/mol. The molecule has 0 unspecified atom stereocenters. The molecule has 0 saturated heterocycles. The zero-order valence-corrected chi connectivity index (χ0v) is 11.2. The van der Waals surface area contributed by atoms with Crippen molar-refractivity contribution in [2.75, 3.05) is 0 Å². The van der Waals surface area contributed by atoms with E-state index in [4.69, 9.17) is 4.74 Å². The molecule has 2 aromatic rings. The fourth-order valence-corrected chi connectivity index (χ4v) is 2.00. The second-order valence-electron chi connectivity index (χ2n) is 3.39. The molecule has 3 nitrogen and oxygen atoms in total. The molecule has 1 heterocycles. The molecule has 1 aromatic carbocycles. The first-order valence-corrected chi connectivity index (χ1v) is 6.27. The van der Waals surface area contributed by atoms with Gasteiger partial charge >= 0.3 is 0 Å². The van der Waals surface area contributed by atoms with Gasteiger partial charge in [-0.2, -0.15) is 5.10 Å². The Morgan fingerprint density at radius 3 is 2.75 bits per heavy atom. The monoisotopic (exact) mass is 328 g/mol. The van der Waals surface area contributed by atoms with E-state index in [0.717, 1.165) is 16.0 Å². The molecule has 1 aromatic heterocycles. The van der Waals surface area contributed by atoms with Gasteiger partial charge < -0.3 is 4.74 Å². The predicted octanol–water partition coefficient (Wildman–Crippen LogP) is 3.09. The predicted molar refractivity (Wildman–Crippen MR) is 71.4 cm³/mol. The Kier molecular flexibility index (Phi) is 3.82. The van der Waals surface area contributed by atoms with Gasteiger partial charge in [0.1, 0.15) is 6.61 Å². The molecule has 0 bridgehead atoms. The first-order chi connectivity index (χ1) is 7.81. The lowest BCUT2D eigenvalue weighted by Gasteiger charge is -2.08. The number of nitrogens with zero attached hydrogens (tertiary/aromatic N) is 2. The van der Waals surface area contributed by atoms with Crippen molar-refractivity contribution in [3.05, 3.63) is 45.7 Å². The molecule has 0 aliphatic heterocycles. The van der Waals surface area contributed by atoms with Crippen molar-refractivity contribution in [3.8, 4) is 5.88 Å². The standard InChI is InChI=1S/C12H13IN2O/c1-2-15-12(11(13)8-14-15)16-9-10-6-4-3-5-7-10/h3-8H,2,9H2,1H3. The van der Waals surface area contributed by atoms with Crippen molar-refractivity contribution < 1.29 is 4.74 Å². The number of benzene rings is 1. The number of aromatic nitrogens is 2. The zero-order chi connectivity index (χ0) is 11.4. The van der Waals surface area contributed by atoms with Crippen LogP contribution in [0.3, 0.4) is 0 Å². The molecule has 0 amide bonds. The summed E-state index contributed by atoms with van der Waals surface area (Å²) in [5.74, 6) is 0.854. The van der Waals surface area contributed by atoms with Crippen LogP contribution in [-0.4, -0.2) is 9.78 Å². The Morgan fingerprint density at radius 1 is 1.31 bits per heavy atom. The number of halogens is 1. The van der Waals surface area contributed by atoms with Gasteiger partial charge in [-0.25, -0.2) is 4.68 Å². The summed E-state index contributed by atoms with van der Waals surface area (Å²) in [5, 5.41) is 4.23. The van der Waals surface area contributed by atoms with Gasteiger partial charge in [0.2, 0.25) is 5.88 Å². The molecule has 0 aliphatic rings. The maximum atomic E-state index is 5.78. The molecule has 0 saturated carbocycles. The highest BCUT2D eigenvalue weighted by Gasteiger charge is 2.08. The fraction of sp³-hybridized carbons (Fsp3) is 0.250. The number of hydrogen-bond donors (Lipinski definition) is 0. The number of rotatable bonds is 4. The molecule has 16 heavy (non-hydrogen) atoms. The van der Waals surface area contributed by atoms with E-state index in [0.29, 0.717) is 6.61 Å². The molecule has 84 valence electrons. The van der Waals surface area contributed by atoms with E-state index in [1.165, 1.54) is 5.56 Å². The maximum Gasteiger partial charge on any atom is 0.225 e. The quantitative estimate of drug-likeness (QED) is 0.807. The first kappa shape index (κ1) is 11.4. The molecule has 2 rings (SSSR count). The normalized spacial score (nSPS) is 10.4. The summed E-state index contributed by atoms with van der Waals surface area (Å²) in [6.45, 7) is 3.47. The smallest absolute Gasteiger partial charge is 0.225 e. The van der Waals surface area contributed by atoms with Gasteiger partial charge in [0, 0.05) is 6.54 Å². The third-order valence-electron chi connectivity index (χ3n) is 2.27. The minimum Gasteiger partial charge on any atom is -0.472 e. The lowest BCUT2D eigenvalue weighted by atomic mass is 10.2. The van der Waals surface area contributed by atoms with Crippen molar-refractivity contribution in [2.24, 2.45) is 0 Å². The summed E-state index contributed by atoms with van der Waals surface area (Å²) in [6.07, 6.45) is 1.82. The highest BCUT2D eigenvalue weighted by molar-refractivity contribution is 14.1. The van der Waals surface area contributed by atoms with Crippen LogP contribution in [0.2, 0.25) is 0 Å². The highest BCUT2D eigenvalue weighted by Crippen LogP contribution is 2.21. The van der Waals surface area contributed by atoms with Gasteiger partial charge in [-0.05, 0) is 35.1 Å². The van der Waals surface area contributed by atoms with Gasteiger partial charge in [-0.1, -0.05) is 30.3 Å². The minimum atomic E-state index is 0.586.